The number of nitrogens with one attached hydrogen (secondary N) is 1. The van der Waals surface area contributed by atoms with E-state index >= 15 is 0 Å². The summed E-state index contributed by atoms with van der Waals surface area (Å²) in [6.45, 7) is 0. The summed E-state index contributed by atoms with van der Waals surface area (Å²) in [5.41, 5.74) is 0. The van der Waals surface area contributed by atoms with Crippen molar-refractivity contribution in [2.45, 2.75) is 0 Å². The first-order valence-corrected chi connectivity index (χ1v) is 1.85. The van der Waals surface area contributed by atoms with E-state index in [1.54, 1.807) is 0 Å². The maximum Gasteiger partial charge on any atom is 0.294 e. The van der Waals surface area contributed by atoms with E-state index in [0.717, 1.165) is 5.31 Å². The van der Waals surface area contributed by atoms with Crippen LogP contribution in [0.15, 0.2) is 16.9 Å². The minimum absolute atomic E-state index is 0.0240. The first-order valence-electron chi connectivity index (χ1n) is 3.80. The molecule has 0 unspecified atom stereocenters. The Balaban J connectivity index is 0.000000461. The number of hydrogen-bond donors (Lipinski definition) is 1. The number of aromatic nitrogens is 1. The second-order valence-electron chi connectivity index (χ2n) is 0.984. The van der Waals surface area contributed by atoms with E-state index in [0.29, 0.717) is 0 Å². The Kier molecular flexibility index (Phi) is 0.435. The Morgan fingerprint density at radius 2 is 3.43 bits per heavy atom. The smallest absolute Gasteiger partial charge is 0.294 e. The standard InChI is InChI=1S/C4H6N2O.H2/c1-5-4-6-2-3-7-4;/h2-3H,1H3,(H,5,6);1H/i3D;1+1D/hD. The molecular weight excluding hydrogens is 92.1 g/mol. The van der Waals surface area contributed by atoms with Gasteiger partial charge < -0.3 is 9.73 Å². The molecule has 1 aromatic rings. The molecule has 0 atom stereocenters. The lowest BCUT2D eigenvalue weighted by atomic mass is 11.0. The van der Waals surface area contributed by atoms with Crippen molar-refractivity contribution in [2.24, 2.45) is 0 Å². The van der Waals surface area contributed by atoms with E-state index in [9.17, 15) is 0 Å². The lowest BCUT2D eigenvalue weighted by Crippen LogP contribution is -1.84. The topological polar surface area (TPSA) is 38.1 Å². The molecule has 3 nitrogen and oxygen atoms in total. The summed E-state index contributed by atoms with van der Waals surface area (Å²) in [6, 6.07) is 0.139. The molecular formula is C4H8N2O. The van der Waals surface area contributed by atoms with Gasteiger partial charge in [-0.05, 0) is 0 Å². The van der Waals surface area contributed by atoms with E-state index in [1.165, 1.54) is 13.2 Å². The summed E-state index contributed by atoms with van der Waals surface area (Å²) in [5.74, 6) is 0. The molecule has 1 aromatic heterocycles. The van der Waals surface area contributed by atoms with Crippen LogP contribution >= 0.6 is 0 Å². The molecule has 0 radical (unpaired) electrons. The predicted molar refractivity (Wildman–Crippen MR) is 28.2 cm³/mol. The Hall–Kier alpha value is -0.990. The van der Waals surface area contributed by atoms with Crippen molar-refractivity contribution in [2.75, 3.05) is 12.4 Å². The van der Waals surface area contributed by atoms with Gasteiger partial charge in [0.05, 0.1) is 6.20 Å². The van der Waals surface area contributed by atoms with Gasteiger partial charge in [0, 0.05) is 10.0 Å². The van der Waals surface area contributed by atoms with Crippen LogP contribution in [0, 0.1) is 0 Å². The third kappa shape index (κ3) is 0.707. The predicted octanol–water partition coefficient (Wildman–Crippen LogP) is 0.962. The van der Waals surface area contributed by atoms with Gasteiger partial charge in [0.25, 0.3) is 6.01 Å². The Morgan fingerprint density at radius 3 is 3.71 bits per heavy atom. The second kappa shape index (κ2) is 1.64. The highest BCUT2D eigenvalue weighted by molar-refractivity contribution is 5.14. The number of nitrogens with zero attached hydrogens (tertiary/aromatic N) is 1. The molecule has 0 bridgehead atoms. The molecule has 0 saturated carbocycles. The van der Waals surface area contributed by atoms with Gasteiger partial charge in [-0.25, -0.2) is 4.98 Å². The fraction of sp³-hybridized carbons (Fsp3) is 0.250. The van der Waals surface area contributed by atoms with Crippen LogP contribution in [-0.2, 0) is 0 Å². The van der Waals surface area contributed by atoms with Gasteiger partial charge in [-0.1, -0.05) is 0 Å². The molecule has 1 heterocycles. The molecule has 40 valence electrons. The molecule has 7 heavy (non-hydrogen) atoms. The van der Waals surface area contributed by atoms with Crippen molar-refractivity contribution in [3.8, 4) is 0 Å². The summed E-state index contributed by atoms with van der Waals surface area (Å²) in [4.78, 5) is 3.60. The van der Waals surface area contributed by atoms with Crippen LogP contribution in [0.4, 0.5) is 6.01 Å². The quantitative estimate of drug-likeness (QED) is 0.576. The van der Waals surface area contributed by atoms with Crippen LogP contribution in [0.2, 0.25) is 1.41 Å². The van der Waals surface area contributed by atoms with Crippen LogP contribution in [0.3, 0.4) is 0 Å². The number of oxazole rings is 1. The number of anilines is 1. The molecule has 0 aliphatic carbocycles. The maximum absolute atomic E-state index is 6.93. The molecule has 1 N–H and O–H groups in total. The van der Waals surface area contributed by atoms with Gasteiger partial charge in [0.15, 0.2) is 1.41 Å². The van der Waals surface area contributed by atoms with Gasteiger partial charge in [0.2, 0.25) is 0 Å². The maximum atomic E-state index is 6.93. The zero-order valence-corrected chi connectivity index (χ0v) is 3.88. The zero-order chi connectivity index (χ0) is 8.85. The lowest BCUT2D eigenvalue weighted by Gasteiger charge is -1.83. The van der Waals surface area contributed by atoms with Gasteiger partial charge in [-0.2, -0.15) is 0 Å². The van der Waals surface area contributed by atoms with Crippen LogP contribution in [0.1, 0.15) is 4.34 Å². The molecule has 0 aliphatic heterocycles. The Labute approximate surface area is 47.3 Å². The zero-order valence-electron chi connectivity index (χ0n) is 7.88. The van der Waals surface area contributed by atoms with Gasteiger partial charge in [-0.3, -0.25) is 0 Å². The van der Waals surface area contributed by atoms with Crippen molar-refractivity contribution in [3.05, 3.63) is 12.4 Å². The lowest BCUT2D eigenvalue weighted by molar-refractivity contribution is 0.575. The molecule has 0 aliphatic rings. The van der Waals surface area contributed by atoms with Gasteiger partial charge >= 0.3 is 0 Å². The van der Waals surface area contributed by atoms with Crippen molar-refractivity contribution in [3.63, 3.8) is 0 Å². The van der Waals surface area contributed by atoms with E-state index in [4.69, 9.17) is 5.75 Å². The average molecular weight is 104 g/mol. The van der Waals surface area contributed by atoms with Crippen LogP contribution < -0.4 is 5.31 Å². The van der Waals surface area contributed by atoms with E-state index in [-0.39, 0.29) is 12.3 Å². The average Bonchev–Trinajstić information content (AvgIpc) is 2.40. The second-order valence-corrected chi connectivity index (χ2v) is 0.984. The van der Waals surface area contributed by atoms with E-state index in [2.05, 4.69) is 9.40 Å². The third-order valence-electron chi connectivity index (χ3n) is 0.569. The van der Waals surface area contributed by atoms with Crippen LogP contribution in [-0.4, -0.2) is 12.0 Å². The number of hydrogen-bond acceptors (Lipinski definition) is 3. The van der Waals surface area contributed by atoms with Crippen LogP contribution in [0.25, 0.3) is 0 Å². The molecule has 3 heteroatoms. The highest BCUT2D eigenvalue weighted by Crippen LogP contribution is 1.96. The Bertz CT molecular complexity index is 202. The van der Waals surface area contributed by atoms with Crippen molar-refractivity contribution in [1.29, 1.82) is 0 Å². The molecule has 0 aromatic carbocycles. The fourth-order valence-electron chi connectivity index (χ4n) is 0.290. The summed E-state index contributed by atoms with van der Waals surface area (Å²) in [7, 11) is 1.48. The monoisotopic (exact) mass is 104 g/mol. The molecule has 1 rings (SSSR count). The van der Waals surface area contributed by atoms with Crippen molar-refractivity contribution in [1.82, 2.24) is 4.98 Å². The van der Waals surface area contributed by atoms with E-state index in [1.807, 2.05) is 0 Å². The first-order chi connectivity index (χ1) is 5.20. The van der Waals surface area contributed by atoms with Gasteiger partial charge in [-0.15, -0.1) is 0 Å². The molecule has 0 saturated heterocycles. The Morgan fingerprint density at radius 1 is 2.57 bits per heavy atom. The summed E-state index contributed by atoms with van der Waals surface area (Å²) >= 11 is 0. The summed E-state index contributed by atoms with van der Waals surface area (Å²) in [5, 5.41) is 0.956. The molecule has 0 fully saturated rings. The molecule has 0 spiro atoms. The minimum atomic E-state index is -0.0240. The summed E-state index contributed by atoms with van der Waals surface area (Å²) < 4.78 is 28.4. The highest BCUT2D eigenvalue weighted by atomic mass is 16.4. The fourth-order valence-corrected chi connectivity index (χ4v) is 0.290. The normalized spacial score (nSPS) is 13.9. The third-order valence-corrected chi connectivity index (χ3v) is 0.569. The SMILES string of the molecule is [2H][2H].[2H]c1cnc(N([2H])C)o1. The van der Waals surface area contributed by atoms with Crippen molar-refractivity contribution < 1.29 is 10.2 Å². The minimum Gasteiger partial charge on any atom is -0.432 e. The van der Waals surface area contributed by atoms with E-state index < -0.39 is 0 Å². The number of rotatable bonds is 1. The van der Waals surface area contributed by atoms with Crippen molar-refractivity contribution >= 4 is 6.01 Å². The largest absolute Gasteiger partial charge is 0.432 e. The molecule has 0 amide bonds. The summed E-state index contributed by atoms with van der Waals surface area (Å²) in [6.07, 6.45) is 1.23. The van der Waals surface area contributed by atoms with Crippen LogP contribution in [0.5, 0.6) is 0 Å². The van der Waals surface area contributed by atoms with Gasteiger partial charge in [0.1, 0.15) is 7.61 Å². The highest BCUT2D eigenvalue weighted by Gasteiger charge is 1.84. The first kappa shape index (κ1) is 1.86.